The largest absolute Gasteiger partial charge is 0.379 e. The molecule has 0 bridgehead atoms. The van der Waals surface area contributed by atoms with Crippen LogP contribution in [-0.2, 0) is 4.74 Å². The van der Waals surface area contributed by atoms with Gasteiger partial charge in [0.15, 0.2) is 5.13 Å². The van der Waals surface area contributed by atoms with Crippen LogP contribution in [0.4, 0.5) is 5.13 Å². The van der Waals surface area contributed by atoms with Crippen molar-refractivity contribution in [2.24, 2.45) is 0 Å². The number of aryl methyl sites for hydroxylation is 2. The second-order valence-corrected chi connectivity index (χ2v) is 8.21. The lowest BCUT2D eigenvalue weighted by Gasteiger charge is -2.29. The van der Waals surface area contributed by atoms with Gasteiger partial charge in [0.1, 0.15) is 0 Å². The lowest BCUT2D eigenvalue weighted by Crippen LogP contribution is -2.43. The highest BCUT2D eigenvalue weighted by Crippen LogP contribution is 2.32. The minimum absolute atomic E-state index is 0.00212. The maximum atomic E-state index is 13.3. The van der Waals surface area contributed by atoms with Gasteiger partial charge in [-0.05, 0) is 43.2 Å². The summed E-state index contributed by atoms with van der Waals surface area (Å²) in [4.78, 5) is 22.3. The highest BCUT2D eigenvalue weighted by atomic mass is 32.1. The van der Waals surface area contributed by atoms with E-state index in [0.717, 1.165) is 53.8 Å². The maximum absolute atomic E-state index is 13.3. The first-order chi connectivity index (χ1) is 13.6. The zero-order valence-corrected chi connectivity index (χ0v) is 17.2. The number of hydrogen-bond acceptors (Lipinski definition) is 5. The minimum atomic E-state index is 0.00212. The van der Waals surface area contributed by atoms with E-state index in [0.29, 0.717) is 12.1 Å². The molecule has 1 saturated heterocycles. The van der Waals surface area contributed by atoms with Crippen molar-refractivity contribution in [3.05, 3.63) is 59.2 Å². The van der Waals surface area contributed by atoms with Gasteiger partial charge in [0.05, 0.1) is 23.4 Å². The fourth-order valence-corrected chi connectivity index (χ4v) is 4.73. The van der Waals surface area contributed by atoms with Gasteiger partial charge in [-0.15, -0.1) is 0 Å². The summed E-state index contributed by atoms with van der Waals surface area (Å²) in [5.74, 6) is 0.00212. The molecule has 0 saturated carbocycles. The van der Waals surface area contributed by atoms with Crippen LogP contribution in [-0.4, -0.2) is 55.2 Å². The fraction of sp³-hybridized carbons (Fsp3) is 0.364. The lowest BCUT2D eigenvalue weighted by molar-refractivity contribution is 0.0391. The van der Waals surface area contributed by atoms with E-state index in [9.17, 15) is 4.79 Å². The first-order valence-corrected chi connectivity index (χ1v) is 10.5. The molecular formula is C22H25N3O2S. The third kappa shape index (κ3) is 4.09. The second-order valence-electron chi connectivity index (χ2n) is 7.20. The maximum Gasteiger partial charge on any atom is 0.260 e. The van der Waals surface area contributed by atoms with Gasteiger partial charge in [-0.1, -0.05) is 35.6 Å². The van der Waals surface area contributed by atoms with E-state index < -0.39 is 0 Å². The quantitative estimate of drug-likeness (QED) is 0.657. The van der Waals surface area contributed by atoms with E-state index in [1.807, 2.05) is 35.2 Å². The van der Waals surface area contributed by atoms with E-state index in [1.54, 1.807) is 11.3 Å². The molecule has 28 heavy (non-hydrogen) atoms. The molecule has 1 aliphatic heterocycles. The molecule has 0 radical (unpaired) electrons. The zero-order chi connectivity index (χ0) is 19.5. The smallest absolute Gasteiger partial charge is 0.260 e. The number of amides is 1. The Bertz CT molecular complexity index is 965. The zero-order valence-electron chi connectivity index (χ0n) is 16.4. The first-order valence-electron chi connectivity index (χ1n) is 9.66. The number of benzene rings is 2. The Hall–Kier alpha value is -2.28. The number of anilines is 1. The third-order valence-electron chi connectivity index (χ3n) is 5.06. The summed E-state index contributed by atoms with van der Waals surface area (Å²) in [5.41, 5.74) is 4.05. The van der Waals surface area contributed by atoms with Crippen LogP contribution >= 0.6 is 11.3 Å². The number of aromatic nitrogens is 1. The molecule has 3 aromatic rings. The number of carbonyl (C=O) groups excluding carboxylic acids is 1. The van der Waals surface area contributed by atoms with Crippen LogP contribution in [0.2, 0.25) is 0 Å². The first kappa shape index (κ1) is 19.1. The minimum Gasteiger partial charge on any atom is -0.379 e. The summed E-state index contributed by atoms with van der Waals surface area (Å²) in [6, 6.07) is 13.8. The van der Waals surface area contributed by atoms with Crippen molar-refractivity contribution in [2.75, 3.05) is 44.3 Å². The van der Waals surface area contributed by atoms with Crippen molar-refractivity contribution in [2.45, 2.75) is 13.8 Å². The molecule has 0 atom stereocenters. The summed E-state index contributed by atoms with van der Waals surface area (Å²) in [5, 5.41) is 0.769. The van der Waals surface area contributed by atoms with Crippen molar-refractivity contribution in [1.29, 1.82) is 0 Å². The summed E-state index contributed by atoms with van der Waals surface area (Å²) < 4.78 is 6.57. The molecule has 4 rings (SSSR count). The Morgan fingerprint density at radius 2 is 1.93 bits per heavy atom. The van der Waals surface area contributed by atoms with E-state index in [-0.39, 0.29) is 5.91 Å². The number of ether oxygens (including phenoxy) is 1. The van der Waals surface area contributed by atoms with Crippen LogP contribution in [0.5, 0.6) is 0 Å². The Morgan fingerprint density at radius 1 is 1.18 bits per heavy atom. The molecule has 0 spiro atoms. The number of morpholine rings is 1. The topological polar surface area (TPSA) is 45.7 Å². The van der Waals surface area contributed by atoms with E-state index in [2.05, 4.69) is 30.9 Å². The van der Waals surface area contributed by atoms with Crippen LogP contribution < -0.4 is 4.90 Å². The van der Waals surface area contributed by atoms with E-state index in [4.69, 9.17) is 9.72 Å². The summed E-state index contributed by atoms with van der Waals surface area (Å²) in [6.45, 7) is 8.93. The molecule has 0 N–H and O–H groups in total. The molecule has 2 heterocycles. The average molecular weight is 396 g/mol. The number of thiazole rings is 1. The molecule has 0 unspecified atom stereocenters. The normalized spacial score (nSPS) is 15.1. The monoisotopic (exact) mass is 395 g/mol. The van der Waals surface area contributed by atoms with Gasteiger partial charge in [0, 0.05) is 31.7 Å². The Balaban J connectivity index is 1.65. The number of fused-ring (bicyclic) bond motifs is 1. The molecule has 6 heteroatoms. The molecule has 146 valence electrons. The molecule has 1 aliphatic rings. The third-order valence-corrected chi connectivity index (χ3v) is 6.08. The molecule has 0 aliphatic carbocycles. The highest BCUT2D eigenvalue weighted by molar-refractivity contribution is 7.22. The molecule has 1 amide bonds. The van der Waals surface area contributed by atoms with Crippen molar-refractivity contribution < 1.29 is 9.53 Å². The Labute approximate surface area is 169 Å². The summed E-state index contributed by atoms with van der Waals surface area (Å²) in [7, 11) is 0. The van der Waals surface area contributed by atoms with Gasteiger partial charge in [-0.3, -0.25) is 14.6 Å². The van der Waals surface area contributed by atoms with Gasteiger partial charge in [0.2, 0.25) is 0 Å². The predicted octanol–water partition coefficient (Wildman–Crippen LogP) is 3.89. The van der Waals surface area contributed by atoms with E-state index >= 15 is 0 Å². The van der Waals surface area contributed by atoms with Gasteiger partial charge < -0.3 is 4.74 Å². The molecule has 5 nitrogen and oxygen atoms in total. The van der Waals surface area contributed by atoms with Gasteiger partial charge >= 0.3 is 0 Å². The van der Waals surface area contributed by atoms with Gasteiger partial charge in [0.25, 0.3) is 5.91 Å². The van der Waals surface area contributed by atoms with Crippen LogP contribution in [0.15, 0.2) is 42.5 Å². The van der Waals surface area contributed by atoms with Crippen LogP contribution in [0.1, 0.15) is 21.5 Å². The SMILES string of the molecule is Cc1cc(C)c2nc(N(CCN3CCOCC3)C(=O)c3ccccc3)sc2c1. The highest BCUT2D eigenvalue weighted by Gasteiger charge is 2.23. The molecule has 1 fully saturated rings. The summed E-state index contributed by atoms with van der Waals surface area (Å²) >= 11 is 1.59. The lowest BCUT2D eigenvalue weighted by atomic mass is 10.1. The Kier molecular flexibility index (Phi) is 5.71. The predicted molar refractivity (Wildman–Crippen MR) is 114 cm³/mol. The Morgan fingerprint density at radius 3 is 2.68 bits per heavy atom. The van der Waals surface area contributed by atoms with Crippen LogP contribution in [0, 0.1) is 13.8 Å². The molecule has 1 aromatic heterocycles. The van der Waals surface area contributed by atoms with Crippen LogP contribution in [0.3, 0.4) is 0 Å². The van der Waals surface area contributed by atoms with Crippen molar-refractivity contribution in [3.63, 3.8) is 0 Å². The summed E-state index contributed by atoms with van der Waals surface area (Å²) in [6.07, 6.45) is 0. The van der Waals surface area contributed by atoms with Crippen LogP contribution in [0.25, 0.3) is 10.2 Å². The number of hydrogen-bond donors (Lipinski definition) is 0. The fourth-order valence-electron chi connectivity index (χ4n) is 3.56. The van der Waals surface area contributed by atoms with Gasteiger partial charge in [-0.25, -0.2) is 4.98 Å². The second kappa shape index (κ2) is 8.39. The molecular weight excluding hydrogens is 370 g/mol. The standard InChI is InChI=1S/C22H25N3O2S/c1-16-14-17(2)20-19(15-16)28-22(23-20)25(9-8-24-10-12-27-13-11-24)21(26)18-6-4-3-5-7-18/h3-7,14-15H,8-13H2,1-2H3. The van der Waals surface area contributed by atoms with Crippen molar-refractivity contribution in [3.8, 4) is 0 Å². The molecule has 2 aromatic carbocycles. The van der Waals surface area contributed by atoms with Crippen molar-refractivity contribution >= 4 is 32.6 Å². The van der Waals surface area contributed by atoms with E-state index in [1.165, 1.54) is 5.56 Å². The van der Waals surface area contributed by atoms with Gasteiger partial charge in [-0.2, -0.15) is 0 Å². The number of carbonyl (C=O) groups is 1. The average Bonchev–Trinajstić information content (AvgIpc) is 3.13. The number of nitrogens with zero attached hydrogens (tertiary/aromatic N) is 3. The number of rotatable bonds is 5. The van der Waals surface area contributed by atoms with Crippen molar-refractivity contribution in [1.82, 2.24) is 9.88 Å².